The van der Waals surface area contributed by atoms with Crippen LogP contribution in [0.25, 0.3) is 11.5 Å². The molecule has 3 aromatic rings. The fourth-order valence-electron chi connectivity index (χ4n) is 3.64. The molecule has 9 heteroatoms. The molecule has 1 aliphatic rings. The summed E-state index contributed by atoms with van der Waals surface area (Å²) in [6, 6.07) is 12.3. The fraction of sp³-hybridized carbons (Fsp3) is 0.333. The molecule has 0 spiro atoms. The van der Waals surface area contributed by atoms with Crippen LogP contribution in [-0.4, -0.2) is 58.6 Å². The van der Waals surface area contributed by atoms with Crippen LogP contribution in [-0.2, 0) is 6.42 Å². The van der Waals surface area contributed by atoms with E-state index in [0.29, 0.717) is 41.0 Å². The highest BCUT2D eigenvalue weighted by atomic mass is 35.5. The second kappa shape index (κ2) is 10.0. The van der Waals surface area contributed by atoms with Crippen LogP contribution in [0, 0.1) is 6.92 Å². The molecule has 0 aliphatic carbocycles. The van der Waals surface area contributed by atoms with E-state index in [2.05, 4.69) is 15.5 Å². The van der Waals surface area contributed by atoms with Crippen molar-refractivity contribution in [3.63, 3.8) is 0 Å². The number of rotatable bonds is 6. The number of hydrogen-bond donors (Lipinski definition) is 1. The maximum Gasteiger partial charge on any atom is 0.321 e. The number of likely N-dealkylation sites (N-methyl/N-ethyl adjacent to an activating group) is 1. The Balaban J connectivity index is 1.32. The molecule has 3 amide bonds. The number of carbonyl (C=O) groups is 2. The summed E-state index contributed by atoms with van der Waals surface area (Å²) in [5, 5.41) is 7.44. The Bertz CT molecular complexity index is 1140. The molecule has 1 N–H and O–H groups in total. The van der Waals surface area contributed by atoms with Gasteiger partial charge in [-0.3, -0.25) is 4.79 Å². The van der Waals surface area contributed by atoms with Gasteiger partial charge in [-0.2, -0.15) is 4.98 Å². The predicted molar refractivity (Wildman–Crippen MR) is 126 cm³/mol. The van der Waals surface area contributed by atoms with Crippen LogP contribution in [0.5, 0.6) is 0 Å². The zero-order valence-electron chi connectivity index (χ0n) is 18.7. The number of nitrogens with one attached hydrogen (secondary N) is 1. The van der Waals surface area contributed by atoms with Gasteiger partial charge in [0.1, 0.15) is 0 Å². The fourth-order valence-corrected chi connectivity index (χ4v) is 3.81. The Hall–Kier alpha value is -3.39. The molecule has 1 saturated heterocycles. The van der Waals surface area contributed by atoms with Gasteiger partial charge < -0.3 is 19.6 Å². The number of nitrogens with zero attached hydrogens (tertiary/aromatic N) is 4. The van der Waals surface area contributed by atoms with Crippen LogP contribution in [0.1, 0.15) is 34.6 Å². The SMILES string of the molecule is Cc1ccc(Cl)cc1NC(=O)N(C)CCc1noc(-c2ccc(C(=O)N3CCCC3)cc2)n1. The number of aryl methyl sites for hydroxylation is 1. The monoisotopic (exact) mass is 467 g/mol. The highest BCUT2D eigenvalue weighted by Gasteiger charge is 2.20. The van der Waals surface area contributed by atoms with Crippen molar-refractivity contribution in [2.45, 2.75) is 26.2 Å². The van der Waals surface area contributed by atoms with Gasteiger partial charge in [0.15, 0.2) is 5.82 Å². The minimum Gasteiger partial charge on any atom is -0.339 e. The lowest BCUT2D eigenvalue weighted by molar-refractivity contribution is 0.0793. The van der Waals surface area contributed by atoms with E-state index in [9.17, 15) is 9.59 Å². The lowest BCUT2D eigenvalue weighted by Gasteiger charge is -2.18. The number of anilines is 1. The molecule has 172 valence electrons. The molecule has 1 aromatic heterocycles. The third-order valence-electron chi connectivity index (χ3n) is 5.70. The minimum absolute atomic E-state index is 0.0551. The van der Waals surface area contributed by atoms with E-state index in [1.165, 1.54) is 0 Å². The first-order valence-corrected chi connectivity index (χ1v) is 11.3. The van der Waals surface area contributed by atoms with Gasteiger partial charge in [0.25, 0.3) is 11.8 Å². The summed E-state index contributed by atoms with van der Waals surface area (Å²) in [6.45, 7) is 3.95. The van der Waals surface area contributed by atoms with Crippen LogP contribution < -0.4 is 5.32 Å². The molecule has 0 bridgehead atoms. The van der Waals surface area contributed by atoms with E-state index < -0.39 is 0 Å². The molecule has 2 heterocycles. The Kier molecular flexibility index (Phi) is 6.93. The predicted octanol–water partition coefficient (Wildman–Crippen LogP) is 4.64. The first-order valence-electron chi connectivity index (χ1n) is 10.9. The standard InChI is InChI=1S/C24H26ClN5O3/c1-16-5-10-19(25)15-20(16)26-24(32)29(2)14-11-21-27-22(33-28-21)17-6-8-18(9-7-17)23(31)30-12-3-4-13-30/h5-10,15H,3-4,11-14H2,1-2H3,(H,26,32). The molecule has 0 saturated carbocycles. The molecular formula is C24H26ClN5O3. The summed E-state index contributed by atoms with van der Waals surface area (Å²) < 4.78 is 5.38. The zero-order valence-corrected chi connectivity index (χ0v) is 19.4. The topological polar surface area (TPSA) is 91.6 Å². The van der Waals surface area contributed by atoms with Gasteiger partial charge in [-0.25, -0.2) is 4.79 Å². The number of hydrogen-bond acceptors (Lipinski definition) is 5. The highest BCUT2D eigenvalue weighted by molar-refractivity contribution is 6.31. The number of urea groups is 1. The van der Waals surface area contributed by atoms with Gasteiger partial charge >= 0.3 is 6.03 Å². The molecule has 0 radical (unpaired) electrons. The normalized spacial score (nSPS) is 13.2. The lowest BCUT2D eigenvalue weighted by atomic mass is 10.1. The van der Waals surface area contributed by atoms with Crippen LogP contribution in [0.3, 0.4) is 0 Å². The van der Waals surface area contributed by atoms with Crippen LogP contribution in [0.15, 0.2) is 47.0 Å². The van der Waals surface area contributed by atoms with Crippen LogP contribution in [0.4, 0.5) is 10.5 Å². The number of aromatic nitrogens is 2. The Morgan fingerprint density at radius 1 is 1.15 bits per heavy atom. The summed E-state index contributed by atoms with van der Waals surface area (Å²) in [5.41, 5.74) is 3.00. The molecule has 0 unspecified atom stereocenters. The maximum atomic E-state index is 12.5. The van der Waals surface area contributed by atoms with Crippen molar-refractivity contribution in [1.82, 2.24) is 19.9 Å². The molecule has 33 heavy (non-hydrogen) atoms. The van der Waals surface area contributed by atoms with Crippen LogP contribution in [0.2, 0.25) is 5.02 Å². The van der Waals surface area contributed by atoms with Gasteiger partial charge in [0, 0.05) is 54.9 Å². The highest BCUT2D eigenvalue weighted by Crippen LogP contribution is 2.21. The van der Waals surface area contributed by atoms with Crippen molar-refractivity contribution in [3.8, 4) is 11.5 Å². The first-order chi connectivity index (χ1) is 15.9. The van der Waals surface area contributed by atoms with E-state index in [0.717, 1.165) is 37.1 Å². The second-order valence-corrected chi connectivity index (χ2v) is 8.59. The third-order valence-corrected chi connectivity index (χ3v) is 5.93. The zero-order chi connectivity index (χ0) is 23.4. The van der Waals surface area contributed by atoms with E-state index in [1.807, 2.05) is 30.0 Å². The number of amides is 3. The summed E-state index contributed by atoms with van der Waals surface area (Å²) >= 11 is 6.02. The summed E-state index contributed by atoms with van der Waals surface area (Å²) in [5.74, 6) is 0.937. The van der Waals surface area contributed by atoms with E-state index in [-0.39, 0.29) is 11.9 Å². The van der Waals surface area contributed by atoms with Gasteiger partial charge in [0.2, 0.25) is 0 Å². The second-order valence-electron chi connectivity index (χ2n) is 8.15. The summed E-state index contributed by atoms with van der Waals surface area (Å²) in [7, 11) is 1.70. The molecule has 0 atom stereocenters. The van der Waals surface area contributed by atoms with E-state index >= 15 is 0 Å². The average Bonchev–Trinajstić information content (AvgIpc) is 3.52. The average molecular weight is 468 g/mol. The first kappa shape index (κ1) is 22.8. The number of carbonyl (C=O) groups excluding carboxylic acids is 2. The summed E-state index contributed by atoms with van der Waals surface area (Å²) in [4.78, 5) is 32.8. The van der Waals surface area contributed by atoms with Crippen molar-refractivity contribution < 1.29 is 14.1 Å². The minimum atomic E-state index is -0.248. The molecule has 8 nitrogen and oxygen atoms in total. The van der Waals surface area contributed by atoms with Gasteiger partial charge in [-0.15, -0.1) is 0 Å². The quantitative estimate of drug-likeness (QED) is 0.570. The molecule has 2 aromatic carbocycles. The molecule has 4 rings (SSSR count). The van der Waals surface area contributed by atoms with Crippen molar-refractivity contribution in [2.24, 2.45) is 0 Å². The molecule has 1 fully saturated rings. The largest absolute Gasteiger partial charge is 0.339 e. The number of halogens is 1. The smallest absolute Gasteiger partial charge is 0.321 e. The maximum absolute atomic E-state index is 12.5. The number of likely N-dealkylation sites (tertiary alicyclic amines) is 1. The third kappa shape index (κ3) is 5.51. The van der Waals surface area contributed by atoms with Gasteiger partial charge in [0.05, 0.1) is 0 Å². The van der Waals surface area contributed by atoms with Crippen molar-refractivity contribution in [1.29, 1.82) is 0 Å². The molecular weight excluding hydrogens is 442 g/mol. The molecule has 1 aliphatic heterocycles. The van der Waals surface area contributed by atoms with E-state index in [4.69, 9.17) is 16.1 Å². The number of benzene rings is 2. The van der Waals surface area contributed by atoms with Crippen LogP contribution >= 0.6 is 11.6 Å². The summed E-state index contributed by atoms with van der Waals surface area (Å²) in [6.07, 6.45) is 2.56. The Morgan fingerprint density at radius 3 is 2.61 bits per heavy atom. The lowest BCUT2D eigenvalue weighted by Crippen LogP contribution is -2.33. The Labute approximate surface area is 197 Å². The van der Waals surface area contributed by atoms with Gasteiger partial charge in [-0.1, -0.05) is 22.8 Å². The van der Waals surface area contributed by atoms with Crippen molar-refractivity contribution >= 4 is 29.2 Å². The Morgan fingerprint density at radius 2 is 1.88 bits per heavy atom. The van der Waals surface area contributed by atoms with E-state index in [1.54, 1.807) is 36.2 Å². The van der Waals surface area contributed by atoms with Crippen molar-refractivity contribution in [2.75, 3.05) is 32.0 Å². The van der Waals surface area contributed by atoms with Gasteiger partial charge in [-0.05, 0) is 61.7 Å². The van der Waals surface area contributed by atoms with Crippen molar-refractivity contribution in [3.05, 3.63) is 64.4 Å².